The number of fused-ring (bicyclic) bond motifs is 1. The summed E-state index contributed by atoms with van der Waals surface area (Å²) in [5.74, 6) is 1.06. The second kappa shape index (κ2) is 4.79. The standard InChI is InChI=1S/C14H21N5O/c1-5-10-7(2)11(15)14(20-10)19-6-16-12-8(3)17-9(4)18-13(12)19/h6-7,10-11,14H,5,15H2,1-4H3/t7-,10+,11?,14+/m0/s1. The maximum absolute atomic E-state index is 6.33. The molecule has 0 saturated carbocycles. The molecule has 0 aliphatic carbocycles. The van der Waals surface area contributed by atoms with Crippen LogP contribution in [0.1, 0.15) is 38.0 Å². The average molecular weight is 275 g/mol. The van der Waals surface area contributed by atoms with Gasteiger partial charge < -0.3 is 10.5 Å². The minimum Gasteiger partial charge on any atom is -0.353 e. The van der Waals surface area contributed by atoms with E-state index in [4.69, 9.17) is 10.5 Å². The van der Waals surface area contributed by atoms with Crippen molar-refractivity contribution in [2.45, 2.75) is 52.5 Å². The number of imidazole rings is 1. The zero-order valence-electron chi connectivity index (χ0n) is 12.4. The topological polar surface area (TPSA) is 78.8 Å². The third kappa shape index (κ3) is 1.91. The summed E-state index contributed by atoms with van der Waals surface area (Å²) in [4.78, 5) is 13.3. The van der Waals surface area contributed by atoms with E-state index in [1.165, 1.54) is 0 Å². The summed E-state index contributed by atoms with van der Waals surface area (Å²) in [6.07, 6.45) is 2.72. The van der Waals surface area contributed by atoms with Crippen LogP contribution in [0.3, 0.4) is 0 Å². The molecule has 3 rings (SSSR count). The highest BCUT2D eigenvalue weighted by Gasteiger charge is 2.40. The van der Waals surface area contributed by atoms with E-state index >= 15 is 0 Å². The van der Waals surface area contributed by atoms with Crippen LogP contribution in [0.15, 0.2) is 6.33 Å². The lowest BCUT2D eigenvalue weighted by molar-refractivity contribution is -0.00630. The molecule has 0 amide bonds. The van der Waals surface area contributed by atoms with Crippen LogP contribution in [0.2, 0.25) is 0 Å². The van der Waals surface area contributed by atoms with Gasteiger partial charge in [-0.3, -0.25) is 4.57 Å². The van der Waals surface area contributed by atoms with E-state index in [1.54, 1.807) is 6.33 Å². The molecule has 2 aromatic heterocycles. The van der Waals surface area contributed by atoms with Crippen LogP contribution in [0.25, 0.3) is 11.2 Å². The molecule has 1 aliphatic heterocycles. The van der Waals surface area contributed by atoms with E-state index in [1.807, 2.05) is 18.4 Å². The van der Waals surface area contributed by atoms with Crippen LogP contribution in [0, 0.1) is 19.8 Å². The second-order valence-corrected chi connectivity index (χ2v) is 5.59. The predicted molar refractivity (Wildman–Crippen MR) is 76.1 cm³/mol. The third-order valence-electron chi connectivity index (χ3n) is 4.22. The van der Waals surface area contributed by atoms with Gasteiger partial charge in [-0.25, -0.2) is 15.0 Å². The molecule has 1 aliphatic rings. The van der Waals surface area contributed by atoms with Gasteiger partial charge in [0.05, 0.1) is 24.2 Å². The van der Waals surface area contributed by atoms with Crippen molar-refractivity contribution >= 4 is 11.2 Å². The van der Waals surface area contributed by atoms with Crippen LogP contribution >= 0.6 is 0 Å². The number of aromatic nitrogens is 4. The average Bonchev–Trinajstić information content (AvgIpc) is 2.93. The quantitative estimate of drug-likeness (QED) is 0.902. The Morgan fingerprint density at radius 3 is 2.75 bits per heavy atom. The smallest absolute Gasteiger partial charge is 0.165 e. The Hall–Kier alpha value is -1.53. The highest BCUT2D eigenvalue weighted by atomic mass is 16.5. The van der Waals surface area contributed by atoms with Crippen molar-refractivity contribution in [3.8, 4) is 0 Å². The van der Waals surface area contributed by atoms with Crippen molar-refractivity contribution in [3.05, 3.63) is 17.8 Å². The maximum Gasteiger partial charge on any atom is 0.165 e. The van der Waals surface area contributed by atoms with Crippen LogP contribution in [0.4, 0.5) is 0 Å². The van der Waals surface area contributed by atoms with Gasteiger partial charge in [0, 0.05) is 5.92 Å². The molecule has 0 spiro atoms. The van der Waals surface area contributed by atoms with Crippen molar-refractivity contribution in [2.75, 3.05) is 0 Å². The highest BCUT2D eigenvalue weighted by Crippen LogP contribution is 2.35. The minimum absolute atomic E-state index is 0.0482. The molecule has 4 atom stereocenters. The van der Waals surface area contributed by atoms with Crippen molar-refractivity contribution < 1.29 is 4.74 Å². The molecule has 2 N–H and O–H groups in total. The number of ether oxygens (including phenoxy) is 1. The molecular formula is C14H21N5O. The van der Waals surface area contributed by atoms with Crippen LogP contribution < -0.4 is 5.73 Å². The first kappa shape index (κ1) is 13.5. The van der Waals surface area contributed by atoms with Gasteiger partial charge in [-0.15, -0.1) is 0 Å². The molecule has 2 aromatic rings. The van der Waals surface area contributed by atoms with Gasteiger partial charge in [0.15, 0.2) is 11.9 Å². The Balaban J connectivity index is 2.07. The van der Waals surface area contributed by atoms with E-state index in [9.17, 15) is 0 Å². The Labute approximate surface area is 118 Å². The molecule has 108 valence electrons. The summed E-state index contributed by atoms with van der Waals surface area (Å²) in [7, 11) is 0. The van der Waals surface area contributed by atoms with Gasteiger partial charge in [0.25, 0.3) is 0 Å². The fourth-order valence-corrected chi connectivity index (χ4v) is 3.00. The summed E-state index contributed by atoms with van der Waals surface area (Å²) < 4.78 is 8.06. The molecule has 6 nitrogen and oxygen atoms in total. The Morgan fingerprint density at radius 2 is 2.10 bits per heavy atom. The summed E-state index contributed by atoms with van der Waals surface area (Å²) >= 11 is 0. The lowest BCUT2D eigenvalue weighted by Crippen LogP contribution is -2.33. The molecule has 6 heteroatoms. The highest BCUT2D eigenvalue weighted by molar-refractivity contribution is 5.73. The van der Waals surface area contributed by atoms with Crippen LogP contribution in [0.5, 0.6) is 0 Å². The largest absolute Gasteiger partial charge is 0.353 e. The fraction of sp³-hybridized carbons (Fsp3) is 0.643. The Morgan fingerprint density at radius 1 is 1.35 bits per heavy atom. The van der Waals surface area contributed by atoms with E-state index in [-0.39, 0.29) is 18.4 Å². The Kier molecular flexibility index (Phi) is 3.22. The zero-order valence-corrected chi connectivity index (χ0v) is 12.4. The molecule has 0 bridgehead atoms. The number of hydrogen-bond donors (Lipinski definition) is 1. The molecule has 20 heavy (non-hydrogen) atoms. The summed E-state index contributed by atoms with van der Waals surface area (Å²) in [6, 6.07) is -0.0482. The van der Waals surface area contributed by atoms with Gasteiger partial charge in [0.2, 0.25) is 0 Å². The van der Waals surface area contributed by atoms with Crippen molar-refractivity contribution in [1.29, 1.82) is 0 Å². The van der Waals surface area contributed by atoms with Crippen molar-refractivity contribution in [1.82, 2.24) is 19.5 Å². The molecule has 1 unspecified atom stereocenters. The lowest BCUT2D eigenvalue weighted by Gasteiger charge is -2.18. The molecule has 1 saturated heterocycles. The van der Waals surface area contributed by atoms with E-state index in [0.29, 0.717) is 5.92 Å². The van der Waals surface area contributed by atoms with Gasteiger partial charge in [-0.1, -0.05) is 13.8 Å². The predicted octanol–water partition coefficient (Wildman–Crippen LogP) is 1.71. The SMILES string of the molecule is CC[C@H]1O[C@@H](n2cnc3c(C)nc(C)nc32)C(N)[C@H]1C. The summed E-state index contributed by atoms with van der Waals surface area (Å²) in [6.45, 7) is 8.10. The fourth-order valence-electron chi connectivity index (χ4n) is 3.00. The second-order valence-electron chi connectivity index (χ2n) is 5.59. The maximum atomic E-state index is 6.33. The number of rotatable bonds is 2. The Bertz CT molecular complexity index is 638. The number of aryl methyl sites for hydroxylation is 2. The molecule has 0 radical (unpaired) electrons. The first-order chi connectivity index (χ1) is 9.52. The molecule has 0 aromatic carbocycles. The van der Waals surface area contributed by atoms with Crippen LogP contribution in [-0.4, -0.2) is 31.7 Å². The summed E-state index contributed by atoms with van der Waals surface area (Å²) in [5, 5.41) is 0. The minimum atomic E-state index is -0.200. The lowest BCUT2D eigenvalue weighted by atomic mass is 9.97. The molecule has 3 heterocycles. The van der Waals surface area contributed by atoms with E-state index in [2.05, 4.69) is 28.8 Å². The van der Waals surface area contributed by atoms with E-state index < -0.39 is 0 Å². The van der Waals surface area contributed by atoms with Gasteiger partial charge >= 0.3 is 0 Å². The number of nitrogens with zero attached hydrogens (tertiary/aromatic N) is 4. The summed E-state index contributed by atoms with van der Waals surface area (Å²) in [5.41, 5.74) is 8.84. The third-order valence-corrected chi connectivity index (χ3v) is 4.22. The number of hydrogen-bond acceptors (Lipinski definition) is 5. The van der Waals surface area contributed by atoms with Crippen LogP contribution in [-0.2, 0) is 4.74 Å². The first-order valence-electron chi connectivity index (χ1n) is 7.11. The van der Waals surface area contributed by atoms with Crippen molar-refractivity contribution in [2.24, 2.45) is 11.7 Å². The van der Waals surface area contributed by atoms with Gasteiger partial charge in [0.1, 0.15) is 11.3 Å². The monoisotopic (exact) mass is 275 g/mol. The first-order valence-corrected chi connectivity index (χ1v) is 7.11. The van der Waals surface area contributed by atoms with Gasteiger partial charge in [-0.05, 0) is 20.3 Å². The number of nitrogens with two attached hydrogens (primary N) is 1. The van der Waals surface area contributed by atoms with Gasteiger partial charge in [-0.2, -0.15) is 0 Å². The normalized spacial score (nSPS) is 30.2. The zero-order chi connectivity index (χ0) is 14.4. The van der Waals surface area contributed by atoms with E-state index in [0.717, 1.165) is 29.1 Å². The molecule has 1 fully saturated rings. The molecular weight excluding hydrogens is 254 g/mol. The van der Waals surface area contributed by atoms with Crippen molar-refractivity contribution in [3.63, 3.8) is 0 Å².